The Kier molecular flexibility index (Phi) is 4.32. The van der Waals surface area contributed by atoms with Gasteiger partial charge in [0.15, 0.2) is 0 Å². The lowest BCUT2D eigenvalue weighted by atomic mass is 10.0. The summed E-state index contributed by atoms with van der Waals surface area (Å²) in [6.07, 6.45) is 3.60. The Morgan fingerprint density at radius 3 is 2.73 bits per heavy atom. The Balaban J connectivity index is 1.42. The van der Waals surface area contributed by atoms with Crippen molar-refractivity contribution < 1.29 is 9.18 Å². The minimum absolute atomic E-state index is 0.218. The van der Waals surface area contributed by atoms with Crippen molar-refractivity contribution in [3.8, 4) is 0 Å². The van der Waals surface area contributed by atoms with Gasteiger partial charge >= 0.3 is 6.03 Å². The number of likely N-dealkylation sites (tertiary alicyclic amines) is 1. The first kappa shape index (κ1) is 16.6. The molecule has 1 aliphatic heterocycles. The van der Waals surface area contributed by atoms with Crippen LogP contribution in [0.2, 0.25) is 0 Å². The molecule has 2 heterocycles. The average Bonchev–Trinajstić information content (AvgIpc) is 3.06. The number of rotatable bonds is 2. The number of nitrogens with zero attached hydrogens (tertiary/aromatic N) is 3. The van der Waals surface area contributed by atoms with Crippen LogP contribution >= 0.6 is 0 Å². The Morgan fingerprint density at radius 1 is 1.19 bits per heavy atom. The van der Waals surface area contributed by atoms with Crippen LogP contribution in [0.15, 0.2) is 48.8 Å². The monoisotopic (exact) mass is 352 g/mol. The Hall–Kier alpha value is -2.89. The van der Waals surface area contributed by atoms with E-state index in [-0.39, 0.29) is 11.7 Å². The first-order valence-electron chi connectivity index (χ1n) is 8.85. The highest BCUT2D eigenvalue weighted by atomic mass is 19.1. The molecule has 1 fully saturated rings. The predicted octanol–water partition coefficient (Wildman–Crippen LogP) is 4.35. The number of piperidine rings is 1. The van der Waals surface area contributed by atoms with Crippen molar-refractivity contribution in [2.24, 2.45) is 0 Å². The number of urea groups is 1. The topological polar surface area (TPSA) is 50.2 Å². The third kappa shape index (κ3) is 3.14. The van der Waals surface area contributed by atoms with E-state index in [1.54, 1.807) is 23.1 Å². The summed E-state index contributed by atoms with van der Waals surface area (Å²) in [6.45, 7) is 3.33. The molecule has 0 bridgehead atoms. The molecule has 2 amide bonds. The molecule has 1 aliphatic rings. The zero-order valence-corrected chi connectivity index (χ0v) is 14.7. The van der Waals surface area contributed by atoms with Gasteiger partial charge in [0.1, 0.15) is 5.82 Å². The number of hydrogen-bond acceptors (Lipinski definition) is 2. The van der Waals surface area contributed by atoms with E-state index in [1.807, 2.05) is 6.33 Å². The number of amides is 2. The van der Waals surface area contributed by atoms with E-state index >= 15 is 0 Å². The molecule has 3 aromatic rings. The molecule has 0 radical (unpaired) electrons. The van der Waals surface area contributed by atoms with Crippen LogP contribution in [0.3, 0.4) is 0 Å². The maximum Gasteiger partial charge on any atom is 0.321 e. The fourth-order valence-electron chi connectivity index (χ4n) is 3.54. The first-order valence-corrected chi connectivity index (χ1v) is 8.85. The normalized spacial score (nSPS) is 15.4. The van der Waals surface area contributed by atoms with Crippen LogP contribution in [0, 0.1) is 12.7 Å². The van der Waals surface area contributed by atoms with Gasteiger partial charge in [-0.15, -0.1) is 0 Å². The summed E-state index contributed by atoms with van der Waals surface area (Å²) in [4.78, 5) is 18.6. The van der Waals surface area contributed by atoms with Crippen LogP contribution < -0.4 is 5.32 Å². The van der Waals surface area contributed by atoms with Crippen molar-refractivity contribution >= 4 is 22.8 Å². The molecular weight excluding hydrogens is 331 g/mol. The molecule has 5 nitrogen and oxygen atoms in total. The molecule has 0 aliphatic carbocycles. The number of aromatic nitrogens is 2. The Morgan fingerprint density at radius 2 is 1.96 bits per heavy atom. The van der Waals surface area contributed by atoms with Gasteiger partial charge in [0.25, 0.3) is 0 Å². The van der Waals surface area contributed by atoms with Crippen LogP contribution in [-0.2, 0) is 0 Å². The third-order valence-corrected chi connectivity index (χ3v) is 4.99. The molecule has 0 unspecified atom stereocenters. The van der Waals surface area contributed by atoms with Crippen molar-refractivity contribution in [1.82, 2.24) is 14.5 Å². The van der Waals surface area contributed by atoms with Gasteiger partial charge in [-0.3, -0.25) is 0 Å². The zero-order valence-electron chi connectivity index (χ0n) is 14.7. The van der Waals surface area contributed by atoms with Crippen molar-refractivity contribution in [1.29, 1.82) is 0 Å². The number of para-hydroxylation sites is 1. The SMILES string of the molecule is Cc1ccc2c(c1)ncn2C1CCN(C(=O)Nc2ccccc2F)CC1. The molecule has 1 saturated heterocycles. The minimum Gasteiger partial charge on any atom is -0.327 e. The lowest BCUT2D eigenvalue weighted by Gasteiger charge is -2.33. The standard InChI is InChI=1S/C20H21FN4O/c1-14-6-7-19-18(12-14)22-13-25(19)15-8-10-24(11-9-15)20(26)23-17-5-3-2-4-16(17)21/h2-7,12-13,15H,8-11H2,1H3,(H,23,26). The van der Waals surface area contributed by atoms with E-state index in [2.05, 4.69) is 40.0 Å². The van der Waals surface area contributed by atoms with E-state index in [0.717, 1.165) is 23.9 Å². The fourth-order valence-corrected chi connectivity index (χ4v) is 3.54. The predicted molar refractivity (Wildman–Crippen MR) is 99.7 cm³/mol. The van der Waals surface area contributed by atoms with E-state index in [0.29, 0.717) is 19.1 Å². The number of benzene rings is 2. The quantitative estimate of drug-likeness (QED) is 0.745. The lowest BCUT2D eigenvalue weighted by molar-refractivity contribution is 0.184. The zero-order chi connectivity index (χ0) is 18.1. The van der Waals surface area contributed by atoms with Gasteiger partial charge in [0.2, 0.25) is 0 Å². The van der Waals surface area contributed by atoms with Crippen molar-refractivity contribution in [2.45, 2.75) is 25.8 Å². The second-order valence-corrected chi connectivity index (χ2v) is 6.77. The van der Waals surface area contributed by atoms with E-state index < -0.39 is 5.82 Å². The lowest BCUT2D eigenvalue weighted by Crippen LogP contribution is -2.41. The summed E-state index contributed by atoms with van der Waals surface area (Å²) < 4.78 is 15.9. The van der Waals surface area contributed by atoms with Gasteiger partial charge in [-0.25, -0.2) is 14.2 Å². The maximum absolute atomic E-state index is 13.7. The van der Waals surface area contributed by atoms with E-state index in [9.17, 15) is 9.18 Å². The molecule has 134 valence electrons. The summed E-state index contributed by atoms with van der Waals surface area (Å²) in [5.74, 6) is -0.420. The van der Waals surface area contributed by atoms with Crippen molar-refractivity contribution in [2.75, 3.05) is 18.4 Å². The van der Waals surface area contributed by atoms with Gasteiger partial charge in [-0.05, 0) is 49.6 Å². The molecule has 26 heavy (non-hydrogen) atoms. The number of halogens is 1. The van der Waals surface area contributed by atoms with Gasteiger partial charge in [-0.1, -0.05) is 18.2 Å². The number of imidazole rings is 1. The number of fused-ring (bicyclic) bond motifs is 1. The van der Waals surface area contributed by atoms with Crippen LogP contribution in [0.1, 0.15) is 24.4 Å². The first-order chi connectivity index (χ1) is 12.6. The van der Waals surface area contributed by atoms with Gasteiger partial charge < -0.3 is 14.8 Å². The Bertz CT molecular complexity index is 944. The van der Waals surface area contributed by atoms with Crippen molar-refractivity contribution in [3.05, 3.63) is 60.2 Å². The highest BCUT2D eigenvalue weighted by Crippen LogP contribution is 2.27. The smallest absolute Gasteiger partial charge is 0.321 e. The van der Waals surface area contributed by atoms with Gasteiger partial charge in [-0.2, -0.15) is 0 Å². The molecule has 4 rings (SSSR count). The van der Waals surface area contributed by atoms with Gasteiger partial charge in [0, 0.05) is 19.1 Å². The highest BCUT2D eigenvalue weighted by molar-refractivity contribution is 5.89. The van der Waals surface area contributed by atoms with Crippen LogP contribution in [0.5, 0.6) is 0 Å². The number of hydrogen-bond donors (Lipinski definition) is 1. The van der Waals surface area contributed by atoms with E-state index in [1.165, 1.54) is 11.6 Å². The number of aryl methyl sites for hydroxylation is 1. The molecular formula is C20H21FN4O. The second-order valence-electron chi connectivity index (χ2n) is 6.77. The minimum atomic E-state index is -0.420. The molecule has 6 heteroatoms. The summed E-state index contributed by atoms with van der Waals surface area (Å²) >= 11 is 0. The van der Waals surface area contributed by atoms with Crippen molar-refractivity contribution in [3.63, 3.8) is 0 Å². The number of nitrogens with one attached hydrogen (secondary N) is 1. The third-order valence-electron chi connectivity index (χ3n) is 4.99. The largest absolute Gasteiger partial charge is 0.327 e. The van der Waals surface area contributed by atoms with Crippen LogP contribution in [-0.4, -0.2) is 33.6 Å². The maximum atomic E-state index is 13.7. The highest BCUT2D eigenvalue weighted by Gasteiger charge is 2.25. The van der Waals surface area contributed by atoms with Crippen LogP contribution in [0.25, 0.3) is 11.0 Å². The summed E-state index contributed by atoms with van der Waals surface area (Å²) in [5.41, 5.74) is 3.55. The number of carbonyl (C=O) groups excluding carboxylic acids is 1. The number of anilines is 1. The average molecular weight is 352 g/mol. The van der Waals surface area contributed by atoms with Gasteiger partial charge in [0.05, 0.1) is 23.0 Å². The Labute approximate surface area is 151 Å². The van der Waals surface area contributed by atoms with Crippen LogP contribution in [0.4, 0.5) is 14.9 Å². The molecule has 1 N–H and O–H groups in total. The summed E-state index contributed by atoms with van der Waals surface area (Å²) in [7, 11) is 0. The molecule has 1 aromatic heterocycles. The molecule has 2 aromatic carbocycles. The fraction of sp³-hybridized carbons (Fsp3) is 0.300. The molecule has 0 saturated carbocycles. The summed E-state index contributed by atoms with van der Waals surface area (Å²) in [5, 5.41) is 2.66. The second kappa shape index (κ2) is 6.78. The molecule has 0 atom stereocenters. The number of carbonyl (C=O) groups is 1. The molecule has 0 spiro atoms. The van der Waals surface area contributed by atoms with E-state index in [4.69, 9.17) is 0 Å². The summed E-state index contributed by atoms with van der Waals surface area (Å²) in [6, 6.07) is 12.6.